The van der Waals surface area contributed by atoms with Gasteiger partial charge < -0.3 is 10.1 Å². The summed E-state index contributed by atoms with van der Waals surface area (Å²) in [6, 6.07) is 12.8. The van der Waals surface area contributed by atoms with Crippen molar-refractivity contribution in [2.45, 2.75) is 18.6 Å². The van der Waals surface area contributed by atoms with Gasteiger partial charge in [0.2, 0.25) is 11.8 Å². The highest BCUT2D eigenvalue weighted by Gasteiger charge is 2.40. The first-order valence-electron chi connectivity index (χ1n) is 8.77. The van der Waals surface area contributed by atoms with Crippen molar-refractivity contribution in [2.75, 3.05) is 23.9 Å². The van der Waals surface area contributed by atoms with Gasteiger partial charge >= 0.3 is 0 Å². The van der Waals surface area contributed by atoms with Crippen molar-refractivity contribution >= 4 is 40.1 Å². The molecule has 6 nitrogen and oxygen atoms in total. The number of thioether (sulfide) groups is 1. The molecular weight excluding hydrogens is 381 g/mol. The van der Waals surface area contributed by atoms with Crippen LogP contribution in [-0.2, 0) is 9.59 Å². The van der Waals surface area contributed by atoms with E-state index in [0.717, 1.165) is 11.8 Å². The molecule has 1 fully saturated rings. The average Bonchev–Trinajstić information content (AvgIpc) is 2.95. The van der Waals surface area contributed by atoms with Crippen molar-refractivity contribution in [1.29, 1.82) is 0 Å². The summed E-state index contributed by atoms with van der Waals surface area (Å²) >= 11 is 1.15. The predicted octanol–water partition coefficient (Wildman–Crippen LogP) is 3.69. The molecule has 1 heterocycles. The molecule has 1 aliphatic heterocycles. The van der Waals surface area contributed by atoms with Crippen molar-refractivity contribution in [1.82, 2.24) is 0 Å². The topological polar surface area (TPSA) is 71.0 Å². The number of nitrogens with zero attached hydrogens (tertiary/aromatic N) is 2. The zero-order valence-corrected chi connectivity index (χ0v) is 16.3. The maximum absolute atomic E-state index is 13.4. The summed E-state index contributed by atoms with van der Waals surface area (Å²) in [6.45, 7) is 2.42. The van der Waals surface area contributed by atoms with Gasteiger partial charge in [0.15, 0.2) is 5.17 Å². The molecule has 2 aromatic carbocycles. The van der Waals surface area contributed by atoms with Gasteiger partial charge in [-0.3, -0.25) is 14.6 Å². The Morgan fingerprint density at radius 2 is 2.04 bits per heavy atom. The van der Waals surface area contributed by atoms with E-state index in [2.05, 4.69) is 10.3 Å². The number of amidine groups is 1. The molecule has 0 aliphatic carbocycles. The number of aliphatic imine (C=N–C) groups is 1. The number of rotatable bonds is 5. The number of hydrogen-bond donors (Lipinski definition) is 1. The molecule has 0 unspecified atom stereocenters. The summed E-state index contributed by atoms with van der Waals surface area (Å²) in [5.41, 5.74) is 1.03. The van der Waals surface area contributed by atoms with E-state index >= 15 is 0 Å². The summed E-state index contributed by atoms with van der Waals surface area (Å²) in [7, 11) is 1.57. The summed E-state index contributed by atoms with van der Waals surface area (Å²) in [4.78, 5) is 30.5. The molecule has 2 amide bonds. The lowest BCUT2D eigenvalue weighted by Crippen LogP contribution is -2.31. The summed E-state index contributed by atoms with van der Waals surface area (Å²) in [5, 5.41) is 2.82. The van der Waals surface area contributed by atoms with Gasteiger partial charge in [0.05, 0.1) is 12.3 Å². The van der Waals surface area contributed by atoms with E-state index in [1.54, 1.807) is 43.4 Å². The molecule has 0 spiro atoms. The van der Waals surface area contributed by atoms with Crippen LogP contribution in [0.3, 0.4) is 0 Å². The Hall–Kier alpha value is -2.87. The van der Waals surface area contributed by atoms with E-state index in [9.17, 15) is 14.0 Å². The Bertz CT molecular complexity index is 902. The SMILES string of the molecule is CCOc1ccc(N2C(=O)C[C@H](SC(=NC)Nc3cccc(F)c3)C2=O)cc1. The first-order chi connectivity index (χ1) is 13.5. The van der Waals surface area contributed by atoms with E-state index in [-0.39, 0.29) is 24.1 Å². The van der Waals surface area contributed by atoms with Crippen molar-refractivity contribution in [3.05, 3.63) is 54.3 Å². The molecule has 0 aromatic heterocycles. The van der Waals surface area contributed by atoms with Gasteiger partial charge in [-0.15, -0.1) is 0 Å². The number of carbonyl (C=O) groups is 2. The Morgan fingerprint density at radius 3 is 2.68 bits per heavy atom. The Labute approximate surface area is 166 Å². The fourth-order valence-electron chi connectivity index (χ4n) is 2.79. The standard InChI is InChI=1S/C20H20FN3O3S/c1-3-27-16-9-7-15(8-10-16)24-18(25)12-17(19(24)26)28-20(22-2)23-14-6-4-5-13(21)11-14/h4-11,17H,3,12H2,1-2H3,(H,22,23)/t17-/m0/s1. The highest BCUT2D eigenvalue weighted by Crippen LogP contribution is 2.31. The summed E-state index contributed by atoms with van der Waals surface area (Å²) in [5.74, 6) is -0.274. The lowest BCUT2D eigenvalue weighted by Gasteiger charge is -2.16. The number of ether oxygens (including phenoxy) is 1. The number of benzene rings is 2. The fourth-order valence-corrected chi connectivity index (χ4v) is 3.77. The molecule has 146 valence electrons. The van der Waals surface area contributed by atoms with Crippen molar-refractivity contribution in [3.8, 4) is 5.75 Å². The van der Waals surface area contributed by atoms with Gasteiger partial charge in [-0.05, 0) is 49.4 Å². The van der Waals surface area contributed by atoms with Crippen molar-refractivity contribution in [3.63, 3.8) is 0 Å². The van der Waals surface area contributed by atoms with Crippen LogP contribution in [0.4, 0.5) is 15.8 Å². The minimum Gasteiger partial charge on any atom is -0.494 e. The molecule has 2 aromatic rings. The Kier molecular flexibility index (Phi) is 6.30. The third kappa shape index (κ3) is 4.51. The zero-order chi connectivity index (χ0) is 20.1. The van der Waals surface area contributed by atoms with E-state index in [1.165, 1.54) is 17.0 Å². The van der Waals surface area contributed by atoms with Crippen molar-refractivity contribution in [2.24, 2.45) is 4.99 Å². The van der Waals surface area contributed by atoms with Crippen LogP contribution < -0.4 is 15.0 Å². The molecule has 0 radical (unpaired) electrons. The fraction of sp³-hybridized carbons (Fsp3) is 0.250. The third-order valence-electron chi connectivity index (χ3n) is 4.04. The van der Waals surface area contributed by atoms with Crippen LogP contribution in [0.5, 0.6) is 5.75 Å². The maximum atomic E-state index is 13.4. The molecule has 1 atom stereocenters. The second-order valence-corrected chi connectivity index (χ2v) is 7.16. The molecule has 1 saturated heterocycles. The lowest BCUT2D eigenvalue weighted by molar-refractivity contribution is -0.121. The van der Waals surface area contributed by atoms with Gasteiger partial charge in [0.25, 0.3) is 0 Å². The van der Waals surface area contributed by atoms with Crippen LogP contribution in [-0.4, -0.2) is 35.9 Å². The monoisotopic (exact) mass is 401 g/mol. The van der Waals surface area contributed by atoms with Crippen molar-refractivity contribution < 1.29 is 18.7 Å². The van der Waals surface area contributed by atoms with E-state index in [1.807, 2.05) is 6.92 Å². The third-order valence-corrected chi connectivity index (χ3v) is 5.20. The number of imide groups is 1. The van der Waals surface area contributed by atoms with Gasteiger partial charge in [0, 0.05) is 19.2 Å². The van der Waals surface area contributed by atoms with Crippen LogP contribution in [0.25, 0.3) is 0 Å². The van der Waals surface area contributed by atoms with E-state index < -0.39 is 5.25 Å². The minimum absolute atomic E-state index is 0.0700. The number of hydrogen-bond acceptors (Lipinski definition) is 5. The largest absolute Gasteiger partial charge is 0.494 e. The normalized spacial score (nSPS) is 17.2. The quantitative estimate of drug-likeness (QED) is 0.470. The van der Waals surface area contributed by atoms with Crippen LogP contribution in [0, 0.1) is 5.82 Å². The second-order valence-electron chi connectivity index (χ2n) is 5.97. The molecule has 1 aliphatic rings. The average molecular weight is 401 g/mol. The van der Waals surface area contributed by atoms with Gasteiger partial charge in [-0.25, -0.2) is 9.29 Å². The molecule has 0 saturated carbocycles. The molecule has 0 bridgehead atoms. The second kappa shape index (κ2) is 8.88. The summed E-state index contributed by atoms with van der Waals surface area (Å²) < 4.78 is 18.7. The number of anilines is 2. The van der Waals surface area contributed by atoms with Crippen LogP contribution in [0.1, 0.15) is 13.3 Å². The molecule has 3 rings (SSSR count). The Morgan fingerprint density at radius 1 is 1.29 bits per heavy atom. The molecule has 8 heteroatoms. The van der Waals surface area contributed by atoms with E-state index in [4.69, 9.17) is 4.74 Å². The first-order valence-corrected chi connectivity index (χ1v) is 9.65. The number of nitrogens with one attached hydrogen (secondary N) is 1. The molecular formula is C20H20FN3O3S. The highest BCUT2D eigenvalue weighted by molar-refractivity contribution is 8.15. The smallest absolute Gasteiger partial charge is 0.247 e. The number of carbonyl (C=O) groups excluding carboxylic acids is 2. The van der Waals surface area contributed by atoms with Gasteiger partial charge in [0.1, 0.15) is 16.8 Å². The predicted molar refractivity (Wildman–Crippen MR) is 109 cm³/mol. The Balaban J connectivity index is 1.70. The number of amides is 2. The highest BCUT2D eigenvalue weighted by atomic mass is 32.2. The first kappa shape index (κ1) is 19.9. The minimum atomic E-state index is -0.598. The van der Waals surface area contributed by atoms with Gasteiger partial charge in [-0.2, -0.15) is 0 Å². The molecule has 1 N–H and O–H groups in total. The van der Waals surface area contributed by atoms with E-state index in [0.29, 0.717) is 28.9 Å². The van der Waals surface area contributed by atoms with Gasteiger partial charge in [-0.1, -0.05) is 17.8 Å². The maximum Gasteiger partial charge on any atom is 0.247 e. The zero-order valence-electron chi connectivity index (χ0n) is 15.5. The van der Waals surface area contributed by atoms with Crippen LogP contribution in [0.2, 0.25) is 0 Å². The van der Waals surface area contributed by atoms with Crippen LogP contribution >= 0.6 is 11.8 Å². The number of halogens is 1. The van der Waals surface area contributed by atoms with Crippen LogP contribution in [0.15, 0.2) is 53.5 Å². The lowest BCUT2D eigenvalue weighted by atomic mass is 10.3. The summed E-state index contributed by atoms with van der Waals surface area (Å²) in [6.07, 6.45) is 0.0700. The molecule has 28 heavy (non-hydrogen) atoms.